The molecule has 0 radical (unpaired) electrons. The molecular formula is C22H27N7O3. The first-order chi connectivity index (χ1) is 15.6. The largest absolute Gasteiger partial charge is 0.494 e. The maximum absolute atomic E-state index is 9.72. The van der Waals surface area contributed by atoms with Crippen LogP contribution in [0.25, 0.3) is 33.5 Å². The number of aliphatic hydroxyl groups excluding tert-OH is 2. The number of piperidine rings is 1. The molecule has 0 amide bonds. The van der Waals surface area contributed by atoms with E-state index in [1.165, 1.54) is 0 Å². The van der Waals surface area contributed by atoms with Gasteiger partial charge in [-0.05, 0) is 31.9 Å². The van der Waals surface area contributed by atoms with Gasteiger partial charge in [0, 0.05) is 30.6 Å². The highest BCUT2D eigenvalue weighted by atomic mass is 16.5. The number of imidazole rings is 2. The fourth-order valence-electron chi connectivity index (χ4n) is 4.42. The topological polar surface area (TPSA) is 125 Å². The van der Waals surface area contributed by atoms with Crippen molar-refractivity contribution in [1.82, 2.24) is 29.5 Å². The summed E-state index contributed by atoms with van der Waals surface area (Å²) < 4.78 is 7.74. The smallest absolute Gasteiger partial charge is 0.228 e. The van der Waals surface area contributed by atoms with Gasteiger partial charge in [0.25, 0.3) is 0 Å². The van der Waals surface area contributed by atoms with Crippen LogP contribution in [0, 0.1) is 5.41 Å². The maximum Gasteiger partial charge on any atom is 0.228 e. The first-order valence-electron chi connectivity index (χ1n) is 10.8. The van der Waals surface area contributed by atoms with Gasteiger partial charge in [-0.1, -0.05) is 0 Å². The molecule has 32 heavy (non-hydrogen) atoms. The minimum atomic E-state index is -0.438. The number of nitrogens with zero attached hydrogens (tertiary/aromatic N) is 6. The third kappa shape index (κ3) is 3.26. The van der Waals surface area contributed by atoms with Crippen LogP contribution in [-0.4, -0.2) is 73.1 Å². The molecule has 168 valence electrons. The molecule has 1 fully saturated rings. The average molecular weight is 438 g/mol. The Kier molecular flexibility index (Phi) is 5.18. The quantitative estimate of drug-likeness (QED) is 0.418. The van der Waals surface area contributed by atoms with Crippen molar-refractivity contribution in [2.45, 2.75) is 26.3 Å². The summed E-state index contributed by atoms with van der Waals surface area (Å²) in [6.07, 6.45) is 4.78. The lowest BCUT2D eigenvalue weighted by molar-refractivity contribution is 0.0338. The molecule has 10 heteroatoms. The van der Waals surface area contributed by atoms with Gasteiger partial charge >= 0.3 is 0 Å². The average Bonchev–Trinajstić information content (AvgIpc) is 3.49. The van der Waals surface area contributed by atoms with Crippen molar-refractivity contribution in [2.24, 2.45) is 5.41 Å². The lowest BCUT2D eigenvalue weighted by Gasteiger charge is -2.39. The molecule has 10 nitrogen and oxygen atoms in total. The van der Waals surface area contributed by atoms with Crippen molar-refractivity contribution in [2.75, 3.05) is 38.3 Å². The van der Waals surface area contributed by atoms with Crippen LogP contribution in [0.1, 0.15) is 19.8 Å². The molecule has 0 spiro atoms. The van der Waals surface area contributed by atoms with Crippen LogP contribution in [0.15, 0.2) is 24.8 Å². The number of benzene rings is 1. The van der Waals surface area contributed by atoms with E-state index in [0.717, 1.165) is 40.1 Å². The predicted octanol–water partition coefficient (Wildman–Crippen LogP) is 1.97. The van der Waals surface area contributed by atoms with Gasteiger partial charge < -0.3 is 29.4 Å². The number of nitrogens with one attached hydrogen (secondary N) is 1. The van der Waals surface area contributed by atoms with Gasteiger partial charge in [0.2, 0.25) is 5.95 Å². The molecule has 3 aromatic heterocycles. The summed E-state index contributed by atoms with van der Waals surface area (Å²) in [6, 6.07) is 3.98. The lowest BCUT2D eigenvalue weighted by Crippen LogP contribution is -2.44. The van der Waals surface area contributed by atoms with Crippen LogP contribution in [-0.2, 0) is 6.54 Å². The molecule has 1 saturated heterocycles. The van der Waals surface area contributed by atoms with Crippen LogP contribution < -0.4 is 9.64 Å². The van der Waals surface area contributed by atoms with Crippen molar-refractivity contribution in [3.63, 3.8) is 0 Å². The standard InChI is InChI=1S/C22H27N7O3/c1-3-28-13-25-15-8-14(9-16(32-2)19(15)28)17-18-20(24-12-23-18)27-21(26-17)29-6-4-22(10-30,11-31)5-7-29/h8-9,12-13,30-31H,3-7,10-11H2,1-2H3,(H,23,24,26,27). The molecule has 4 heterocycles. The second-order valence-corrected chi connectivity index (χ2v) is 8.35. The van der Waals surface area contributed by atoms with Gasteiger partial charge in [0.05, 0.1) is 38.5 Å². The first kappa shape index (κ1) is 20.7. The molecule has 0 bridgehead atoms. The number of H-pyrrole nitrogens is 1. The van der Waals surface area contributed by atoms with Crippen molar-refractivity contribution in [3.05, 3.63) is 24.8 Å². The van der Waals surface area contributed by atoms with Gasteiger partial charge in [-0.3, -0.25) is 0 Å². The molecule has 0 atom stereocenters. The molecule has 0 unspecified atom stereocenters. The predicted molar refractivity (Wildman–Crippen MR) is 121 cm³/mol. The molecule has 3 N–H and O–H groups in total. The van der Waals surface area contributed by atoms with Gasteiger partial charge in [-0.15, -0.1) is 0 Å². The Morgan fingerprint density at radius 3 is 2.59 bits per heavy atom. The monoisotopic (exact) mass is 437 g/mol. The zero-order valence-corrected chi connectivity index (χ0v) is 18.2. The third-order valence-electron chi connectivity index (χ3n) is 6.56. The number of aromatic nitrogens is 6. The van der Waals surface area contributed by atoms with Gasteiger partial charge in [-0.25, -0.2) is 15.0 Å². The lowest BCUT2D eigenvalue weighted by atomic mass is 9.80. The molecule has 1 aromatic carbocycles. The van der Waals surface area contributed by atoms with Crippen molar-refractivity contribution in [3.8, 4) is 17.0 Å². The molecule has 4 aromatic rings. The Balaban J connectivity index is 1.59. The van der Waals surface area contributed by atoms with Gasteiger partial charge in [-0.2, -0.15) is 4.98 Å². The normalized spacial score (nSPS) is 16.2. The molecule has 5 rings (SSSR count). The number of aliphatic hydroxyl groups is 2. The highest BCUT2D eigenvalue weighted by molar-refractivity contribution is 5.93. The Labute approximate surface area is 184 Å². The van der Waals surface area contributed by atoms with Crippen LogP contribution >= 0.6 is 0 Å². The number of methoxy groups -OCH3 is 1. The Bertz CT molecular complexity index is 1250. The SMILES string of the molecule is CCn1cnc2cc(-c3nc(N4CCC(CO)(CO)CC4)nc4nc[nH]c34)cc(OC)c21. The van der Waals surface area contributed by atoms with E-state index in [0.29, 0.717) is 37.5 Å². The molecule has 1 aliphatic rings. The fraction of sp³-hybridized carbons (Fsp3) is 0.455. The zero-order valence-electron chi connectivity index (χ0n) is 18.2. The van der Waals surface area contributed by atoms with E-state index in [1.807, 2.05) is 18.5 Å². The minimum Gasteiger partial charge on any atom is -0.494 e. The number of rotatable bonds is 6. The Hall–Kier alpha value is -3.24. The number of aryl methyl sites for hydroxylation is 1. The summed E-state index contributed by atoms with van der Waals surface area (Å²) >= 11 is 0. The molecule has 1 aliphatic heterocycles. The van der Waals surface area contributed by atoms with Crippen molar-refractivity contribution >= 4 is 28.1 Å². The van der Waals surface area contributed by atoms with Gasteiger partial charge in [0.15, 0.2) is 5.65 Å². The number of ether oxygens (including phenoxy) is 1. The Morgan fingerprint density at radius 1 is 1.12 bits per heavy atom. The molecule has 0 saturated carbocycles. The summed E-state index contributed by atoms with van der Waals surface area (Å²) in [4.78, 5) is 23.8. The molecule has 0 aliphatic carbocycles. The number of hydrogen-bond acceptors (Lipinski definition) is 8. The molecular weight excluding hydrogens is 410 g/mol. The summed E-state index contributed by atoms with van der Waals surface area (Å²) in [5, 5.41) is 19.4. The van der Waals surface area contributed by atoms with E-state index >= 15 is 0 Å². The highest BCUT2D eigenvalue weighted by Gasteiger charge is 2.34. The number of anilines is 1. The maximum atomic E-state index is 9.72. The fourth-order valence-corrected chi connectivity index (χ4v) is 4.42. The van der Waals surface area contributed by atoms with Crippen LogP contribution in [0.2, 0.25) is 0 Å². The van der Waals surface area contributed by atoms with E-state index in [-0.39, 0.29) is 13.2 Å². The summed E-state index contributed by atoms with van der Waals surface area (Å²) in [6.45, 7) is 4.13. The Morgan fingerprint density at radius 2 is 1.91 bits per heavy atom. The number of fused-ring (bicyclic) bond motifs is 2. The van der Waals surface area contributed by atoms with Crippen LogP contribution in [0.3, 0.4) is 0 Å². The van der Waals surface area contributed by atoms with Crippen molar-refractivity contribution in [1.29, 1.82) is 0 Å². The van der Waals surface area contributed by atoms with Crippen LogP contribution in [0.5, 0.6) is 5.75 Å². The van der Waals surface area contributed by atoms with Gasteiger partial charge in [0.1, 0.15) is 22.5 Å². The minimum absolute atomic E-state index is 0.0218. The second kappa shape index (κ2) is 8.03. The van der Waals surface area contributed by atoms with E-state index in [2.05, 4.69) is 36.3 Å². The van der Waals surface area contributed by atoms with E-state index in [4.69, 9.17) is 9.72 Å². The van der Waals surface area contributed by atoms with E-state index in [1.54, 1.807) is 13.4 Å². The highest BCUT2D eigenvalue weighted by Crippen LogP contribution is 2.36. The first-order valence-corrected chi connectivity index (χ1v) is 10.8. The second-order valence-electron chi connectivity index (χ2n) is 8.35. The summed E-state index contributed by atoms with van der Waals surface area (Å²) in [7, 11) is 1.66. The van der Waals surface area contributed by atoms with Crippen LogP contribution in [0.4, 0.5) is 5.95 Å². The third-order valence-corrected chi connectivity index (χ3v) is 6.56. The zero-order chi connectivity index (χ0) is 22.3. The number of aromatic amines is 1. The van der Waals surface area contributed by atoms with E-state index in [9.17, 15) is 10.2 Å². The summed E-state index contributed by atoms with van der Waals surface area (Å²) in [5.41, 5.74) is 4.29. The van der Waals surface area contributed by atoms with Crippen molar-refractivity contribution < 1.29 is 14.9 Å². The number of hydrogen-bond donors (Lipinski definition) is 3. The van der Waals surface area contributed by atoms with E-state index < -0.39 is 5.41 Å². The summed E-state index contributed by atoms with van der Waals surface area (Å²) in [5.74, 6) is 1.32.